The maximum Gasteiger partial charge on any atom is 0.306 e. The fourth-order valence-corrected chi connectivity index (χ4v) is 1.73. The van der Waals surface area contributed by atoms with Crippen molar-refractivity contribution in [2.24, 2.45) is 5.92 Å². The summed E-state index contributed by atoms with van der Waals surface area (Å²) in [6, 6.07) is 0.561. The Morgan fingerprint density at radius 1 is 1.33 bits per heavy atom. The van der Waals surface area contributed by atoms with Crippen LogP contribution in [0.25, 0.3) is 0 Å². The second-order valence-electron chi connectivity index (χ2n) is 3.93. The molecule has 1 unspecified atom stereocenters. The molecule has 90 valence electrons. The minimum Gasteiger partial charge on any atom is -0.469 e. The predicted octanol–water partition coefficient (Wildman–Crippen LogP) is 1.92. The highest BCUT2D eigenvalue weighted by Crippen LogP contribution is 2.03. The van der Waals surface area contributed by atoms with Gasteiger partial charge in [0.15, 0.2) is 0 Å². The summed E-state index contributed by atoms with van der Waals surface area (Å²) in [6.45, 7) is 7.62. The molecule has 0 heterocycles. The third-order valence-corrected chi connectivity index (χ3v) is 3.38. The summed E-state index contributed by atoms with van der Waals surface area (Å²) in [5, 5.41) is 3.45. The first-order chi connectivity index (χ1) is 7.07. The van der Waals surface area contributed by atoms with Crippen molar-refractivity contribution >= 4 is 17.7 Å². The van der Waals surface area contributed by atoms with Crippen LogP contribution < -0.4 is 5.32 Å². The molecule has 1 N–H and O–H groups in total. The number of esters is 1. The van der Waals surface area contributed by atoms with Crippen molar-refractivity contribution in [3.63, 3.8) is 0 Å². The summed E-state index contributed by atoms with van der Waals surface area (Å²) < 4.78 is 4.56. The van der Waals surface area contributed by atoms with Crippen LogP contribution in [-0.2, 0) is 9.53 Å². The molecule has 0 bridgehead atoms. The molecule has 0 aliphatic carbocycles. The predicted molar refractivity (Wildman–Crippen MR) is 66.3 cm³/mol. The molecule has 0 fully saturated rings. The Bertz CT molecular complexity index is 174. The second-order valence-corrected chi connectivity index (χ2v) is 5.15. The van der Waals surface area contributed by atoms with Crippen molar-refractivity contribution in [2.45, 2.75) is 33.2 Å². The lowest BCUT2D eigenvalue weighted by atomic mass is 10.1. The first-order valence-electron chi connectivity index (χ1n) is 5.46. The zero-order valence-electron chi connectivity index (χ0n) is 10.2. The number of carbonyl (C=O) groups excluding carboxylic acids is 1. The summed E-state index contributed by atoms with van der Waals surface area (Å²) in [7, 11) is 1.43. The quantitative estimate of drug-likeness (QED) is 0.513. The van der Waals surface area contributed by atoms with Crippen LogP contribution in [0.15, 0.2) is 0 Å². The van der Waals surface area contributed by atoms with Gasteiger partial charge in [-0.2, -0.15) is 11.8 Å². The Morgan fingerprint density at radius 2 is 2.00 bits per heavy atom. The van der Waals surface area contributed by atoms with Crippen LogP contribution >= 0.6 is 11.8 Å². The molecular weight excluding hydrogens is 210 g/mol. The molecule has 15 heavy (non-hydrogen) atoms. The molecule has 0 aliphatic heterocycles. The fourth-order valence-electron chi connectivity index (χ4n) is 0.954. The van der Waals surface area contributed by atoms with Gasteiger partial charge in [0, 0.05) is 24.1 Å². The first-order valence-corrected chi connectivity index (χ1v) is 6.61. The van der Waals surface area contributed by atoms with Crippen LogP contribution in [0.4, 0.5) is 0 Å². The fraction of sp³-hybridized carbons (Fsp3) is 0.909. The van der Waals surface area contributed by atoms with Gasteiger partial charge in [-0.1, -0.05) is 13.8 Å². The average Bonchev–Trinajstić information content (AvgIpc) is 2.22. The van der Waals surface area contributed by atoms with E-state index in [2.05, 4.69) is 30.8 Å². The summed E-state index contributed by atoms with van der Waals surface area (Å²) in [4.78, 5) is 10.8. The van der Waals surface area contributed by atoms with Crippen LogP contribution in [0.3, 0.4) is 0 Å². The van der Waals surface area contributed by atoms with Crippen molar-refractivity contribution in [3.05, 3.63) is 0 Å². The number of thioether (sulfide) groups is 1. The maximum absolute atomic E-state index is 10.8. The van der Waals surface area contributed by atoms with Crippen LogP contribution in [-0.4, -0.2) is 37.2 Å². The van der Waals surface area contributed by atoms with E-state index in [-0.39, 0.29) is 5.97 Å². The molecule has 3 nitrogen and oxygen atoms in total. The van der Waals surface area contributed by atoms with Crippen LogP contribution in [0.5, 0.6) is 0 Å². The third-order valence-electron chi connectivity index (χ3n) is 2.39. The van der Waals surface area contributed by atoms with E-state index in [9.17, 15) is 4.79 Å². The van der Waals surface area contributed by atoms with Gasteiger partial charge in [0.1, 0.15) is 0 Å². The molecule has 0 aromatic carbocycles. The molecular formula is C11H23NO2S. The van der Waals surface area contributed by atoms with Gasteiger partial charge in [-0.25, -0.2) is 0 Å². The lowest BCUT2D eigenvalue weighted by Gasteiger charge is -2.16. The number of methoxy groups -OCH3 is 1. The number of rotatable bonds is 8. The first kappa shape index (κ1) is 14.8. The Hall–Kier alpha value is -0.220. The molecule has 1 atom stereocenters. The van der Waals surface area contributed by atoms with Crippen molar-refractivity contribution in [2.75, 3.05) is 25.2 Å². The monoisotopic (exact) mass is 233 g/mol. The number of nitrogens with one attached hydrogen (secondary N) is 1. The Balaban J connectivity index is 3.22. The molecule has 0 saturated carbocycles. The minimum absolute atomic E-state index is 0.119. The van der Waals surface area contributed by atoms with E-state index in [1.165, 1.54) is 7.11 Å². The van der Waals surface area contributed by atoms with E-state index in [1.807, 2.05) is 0 Å². The van der Waals surface area contributed by atoms with Gasteiger partial charge in [0.2, 0.25) is 0 Å². The number of hydrogen-bond donors (Lipinski definition) is 1. The van der Waals surface area contributed by atoms with Gasteiger partial charge in [-0.05, 0) is 12.8 Å². The molecule has 0 amide bonds. The smallest absolute Gasteiger partial charge is 0.306 e. The number of carbonyl (C=O) groups is 1. The second kappa shape index (κ2) is 9.04. The van der Waals surface area contributed by atoms with E-state index in [0.717, 1.165) is 18.1 Å². The highest BCUT2D eigenvalue weighted by Gasteiger charge is 2.05. The van der Waals surface area contributed by atoms with Gasteiger partial charge in [0.05, 0.1) is 13.5 Å². The molecule has 0 rings (SSSR count). The Morgan fingerprint density at radius 3 is 2.53 bits per heavy atom. The minimum atomic E-state index is -0.119. The molecule has 0 aromatic heterocycles. The van der Waals surface area contributed by atoms with Gasteiger partial charge in [-0.3, -0.25) is 4.79 Å². The lowest BCUT2D eigenvalue weighted by molar-refractivity contribution is -0.140. The molecule has 0 radical (unpaired) electrons. The summed E-state index contributed by atoms with van der Waals surface area (Å²) in [6.07, 6.45) is 0.515. The largest absolute Gasteiger partial charge is 0.469 e. The van der Waals surface area contributed by atoms with Crippen molar-refractivity contribution in [1.82, 2.24) is 5.32 Å². The van der Waals surface area contributed by atoms with Crippen LogP contribution in [0.1, 0.15) is 27.2 Å². The average molecular weight is 233 g/mol. The van der Waals surface area contributed by atoms with E-state index >= 15 is 0 Å². The van der Waals surface area contributed by atoms with E-state index in [0.29, 0.717) is 18.4 Å². The van der Waals surface area contributed by atoms with Crippen LogP contribution in [0.2, 0.25) is 0 Å². The molecule has 0 saturated heterocycles. The molecule has 0 aliphatic rings. The zero-order chi connectivity index (χ0) is 11.7. The molecule has 4 heteroatoms. The third kappa shape index (κ3) is 8.75. The molecule has 0 spiro atoms. The van der Waals surface area contributed by atoms with E-state index in [4.69, 9.17) is 0 Å². The van der Waals surface area contributed by atoms with Gasteiger partial charge < -0.3 is 10.1 Å². The van der Waals surface area contributed by atoms with Crippen molar-refractivity contribution in [3.8, 4) is 0 Å². The lowest BCUT2D eigenvalue weighted by Crippen LogP contribution is -2.32. The maximum atomic E-state index is 10.8. The summed E-state index contributed by atoms with van der Waals surface area (Å²) >= 11 is 1.79. The molecule has 0 aromatic rings. The van der Waals surface area contributed by atoms with Crippen molar-refractivity contribution in [1.29, 1.82) is 0 Å². The Kier molecular flexibility index (Phi) is 8.91. The van der Waals surface area contributed by atoms with Crippen LogP contribution in [0, 0.1) is 5.92 Å². The van der Waals surface area contributed by atoms with Crippen molar-refractivity contribution < 1.29 is 9.53 Å². The highest BCUT2D eigenvalue weighted by atomic mass is 32.2. The number of hydrogen-bond acceptors (Lipinski definition) is 4. The van der Waals surface area contributed by atoms with Gasteiger partial charge in [0.25, 0.3) is 0 Å². The SMILES string of the molecule is COC(=O)CCSCCNC(C)C(C)C. The number of ether oxygens (including phenoxy) is 1. The highest BCUT2D eigenvalue weighted by molar-refractivity contribution is 7.99. The van der Waals surface area contributed by atoms with Gasteiger partial charge >= 0.3 is 5.97 Å². The normalized spacial score (nSPS) is 12.9. The van der Waals surface area contributed by atoms with E-state index < -0.39 is 0 Å². The van der Waals surface area contributed by atoms with Gasteiger partial charge in [-0.15, -0.1) is 0 Å². The standard InChI is InChI=1S/C11H23NO2S/c1-9(2)10(3)12-6-8-15-7-5-11(13)14-4/h9-10,12H,5-8H2,1-4H3. The zero-order valence-corrected chi connectivity index (χ0v) is 11.0. The topological polar surface area (TPSA) is 38.3 Å². The van der Waals surface area contributed by atoms with E-state index in [1.54, 1.807) is 11.8 Å². The summed E-state index contributed by atoms with van der Waals surface area (Å²) in [5.74, 6) is 2.45. The Labute approximate surface area is 97.3 Å². The summed E-state index contributed by atoms with van der Waals surface area (Å²) in [5.41, 5.74) is 0.